The summed E-state index contributed by atoms with van der Waals surface area (Å²) >= 11 is 6.01. The van der Waals surface area contributed by atoms with E-state index in [1.807, 2.05) is 102 Å². The van der Waals surface area contributed by atoms with Gasteiger partial charge in [0.1, 0.15) is 35.9 Å². The minimum absolute atomic E-state index is 0.160. The van der Waals surface area contributed by atoms with Crippen LogP contribution in [-0.4, -0.2) is 83.4 Å². The quantitative estimate of drug-likeness (QED) is 0.256. The van der Waals surface area contributed by atoms with Gasteiger partial charge in [-0.2, -0.15) is 0 Å². The Bertz CT molecular complexity index is 1480. The van der Waals surface area contributed by atoms with Gasteiger partial charge in [0.15, 0.2) is 0 Å². The molecule has 1 aliphatic heterocycles. The lowest BCUT2D eigenvalue weighted by Gasteiger charge is -2.32. The fourth-order valence-corrected chi connectivity index (χ4v) is 5.28. The Labute approximate surface area is 294 Å². The molecule has 0 saturated carbocycles. The van der Waals surface area contributed by atoms with Crippen LogP contribution in [0, 0.1) is 0 Å². The topological polar surface area (TPSA) is 97.9 Å². The lowest BCUT2D eigenvalue weighted by Crippen LogP contribution is -2.46. The molecule has 0 aliphatic carbocycles. The SMILES string of the molecule is CC(C)(C)OC(=O)N1CCN(C(=O)c2ccc(CCl)cc2)CCN(C(=O)OC(C)(C)C)Cc2ccccc2OCCOc2ccccc2C1. The fraction of sp³-hybridized carbons (Fsp3) is 0.447. The summed E-state index contributed by atoms with van der Waals surface area (Å²) in [7, 11) is 0. The van der Waals surface area contributed by atoms with Crippen LogP contribution >= 0.6 is 11.6 Å². The number of amides is 3. The smallest absolute Gasteiger partial charge is 0.410 e. The zero-order chi connectivity index (χ0) is 35.6. The third kappa shape index (κ3) is 11.6. The van der Waals surface area contributed by atoms with E-state index in [0.717, 1.165) is 16.7 Å². The number of carbonyl (C=O) groups excluding carboxylic acids is 3. The van der Waals surface area contributed by atoms with Gasteiger partial charge in [-0.3, -0.25) is 4.79 Å². The molecule has 49 heavy (non-hydrogen) atoms. The van der Waals surface area contributed by atoms with Crippen molar-refractivity contribution < 1.29 is 33.3 Å². The van der Waals surface area contributed by atoms with Gasteiger partial charge >= 0.3 is 12.2 Å². The molecule has 264 valence electrons. The Morgan fingerprint density at radius 3 is 1.45 bits per heavy atom. The monoisotopic (exact) mass is 693 g/mol. The van der Waals surface area contributed by atoms with Crippen molar-refractivity contribution in [3.05, 3.63) is 95.1 Å². The minimum atomic E-state index is -0.736. The van der Waals surface area contributed by atoms with Gasteiger partial charge in [0, 0.05) is 48.7 Å². The number of fused-ring (bicyclic) bond motifs is 2. The van der Waals surface area contributed by atoms with E-state index < -0.39 is 23.4 Å². The molecular weight excluding hydrogens is 646 g/mol. The Kier molecular flexibility index (Phi) is 12.8. The standard InChI is InChI=1S/C38H48ClN3O7/c1-37(2,3)48-35(44)41-21-19-40(34(43)29-17-15-28(25-39)16-18-29)20-22-42(36(45)49-38(4,5)6)27-31-12-8-10-14-33(31)47-24-23-46-32-13-9-7-11-30(32)26-41/h7-18H,19-27H2,1-6H3. The van der Waals surface area contributed by atoms with Crippen molar-refractivity contribution in [2.75, 3.05) is 39.4 Å². The molecule has 3 aromatic rings. The van der Waals surface area contributed by atoms with Gasteiger partial charge in [0.2, 0.25) is 0 Å². The first-order valence-corrected chi connectivity index (χ1v) is 17.1. The maximum atomic E-state index is 14.1. The van der Waals surface area contributed by atoms with Gasteiger partial charge in [-0.25, -0.2) is 9.59 Å². The van der Waals surface area contributed by atoms with E-state index in [1.54, 1.807) is 26.8 Å². The Morgan fingerprint density at radius 2 is 1.04 bits per heavy atom. The number of hydrogen-bond donors (Lipinski definition) is 0. The zero-order valence-corrected chi connectivity index (χ0v) is 30.1. The van der Waals surface area contributed by atoms with Crippen LogP contribution in [0.1, 0.15) is 68.6 Å². The number of alkyl halides is 1. The molecule has 0 atom stereocenters. The van der Waals surface area contributed by atoms with Gasteiger partial charge in [0.25, 0.3) is 5.91 Å². The molecule has 0 radical (unpaired) electrons. The van der Waals surface area contributed by atoms with E-state index in [-0.39, 0.29) is 58.4 Å². The highest BCUT2D eigenvalue weighted by Crippen LogP contribution is 2.24. The molecule has 0 bridgehead atoms. The van der Waals surface area contributed by atoms with Crippen molar-refractivity contribution in [3.8, 4) is 11.5 Å². The molecule has 0 N–H and O–H groups in total. The van der Waals surface area contributed by atoms with Crippen molar-refractivity contribution in [1.82, 2.24) is 14.7 Å². The molecule has 4 rings (SSSR count). The third-order valence-corrected chi connectivity index (χ3v) is 7.80. The summed E-state index contributed by atoms with van der Waals surface area (Å²) in [5.41, 5.74) is 1.44. The molecule has 11 heteroatoms. The fourth-order valence-electron chi connectivity index (χ4n) is 5.10. The summed E-state index contributed by atoms with van der Waals surface area (Å²) in [6, 6.07) is 22.1. The highest BCUT2D eigenvalue weighted by Gasteiger charge is 2.28. The van der Waals surface area contributed by atoms with E-state index in [4.69, 9.17) is 30.5 Å². The Balaban J connectivity index is 1.74. The Hall–Kier alpha value is -4.44. The summed E-state index contributed by atoms with van der Waals surface area (Å²) in [6.07, 6.45) is -1.04. The maximum Gasteiger partial charge on any atom is 0.410 e. The molecule has 0 aromatic heterocycles. The molecule has 1 aliphatic rings. The number of nitrogens with zero attached hydrogens (tertiary/aromatic N) is 3. The maximum absolute atomic E-state index is 14.1. The largest absolute Gasteiger partial charge is 0.490 e. The van der Waals surface area contributed by atoms with Gasteiger partial charge in [-0.15, -0.1) is 11.6 Å². The van der Waals surface area contributed by atoms with Crippen LogP contribution in [0.25, 0.3) is 0 Å². The van der Waals surface area contributed by atoms with Gasteiger partial charge in [0.05, 0.1) is 13.1 Å². The number of carbonyl (C=O) groups is 3. The van der Waals surface area contributed by atoms with Crippen LogP contribution in [-0.2, 0) is 28.4 Å². The number of benzene rings is 3. The predicted octanol–water partition coefficient (Wildman–Crippen LogP) is 7.51. The number of ether oxygens (including phenoxy) is 4. The van der Waals surface area contributed by atoms with E-state index in [0.29, 0.717) is 22.9 Å². The first kappa shape index (κ1) is 37.4. The van der Waals surface area contributed by atoms with Crippen LogP contribution in [0.3, 0.4) is 0 Å². The zero-order valence-electron chi connectivity index (χ0n) is 29.4. The normalized spacial score (nSPS) is 15.1. The Morgan fingerprint density at radius 1 is 0.633 bits per heavy atom. The molecule has 0 saturated heterocycles. The molecule has 1 heterocycles. The van der Waals surface area contributed by atoms with Gasteiger partial charge in [-0.1, -0.05) is 48.5 Å². The van der Waals surface area contributed by atoms with E-state index in [1.165, 1.54) is 0 Å². The average molecular weight is 694 g/mol. The minimum Gasteiger partial charge on any atom is -0.490 e. The lowest BCUT2D eigenvalue weighted by molar-refractivity contribution is 0.0184. The van der Waals surface area contributed by atoms with E-state index >= 15 is 0 Å². The number of para-hydroxylation sites is 2. The van der Waals surface area contributed by atoms with Crippen LogP contribution in [0.2, 0.25) is 0 Å². The highest BCUT2D eigenvalue weighted by atomic mass is 35.5. The predicted molar refractivity (Wildman–Crippen MR) is 189 cm³/mol. The second kappa shape index (κ2) is 16.8. The average Bonchev–Trinajstić information content (AvgIpc) is 3.04. The molecule has 0 fully saturated rings. The summed E-state index contributed by atoms with van der Waals surface area (Å²) in [5, 5.41) is 0. The number of halogens is 1. The molecule has 3 amide bonds. The van der Waals surface area contributed by atoms with Crippen molar-refractivity contribution >= 4 is 29.7 Å². The second-order valence-corrected chi connectivity index (χ2v) is 14.1. The molecular formula is C38H48ClN3O7. The lowest BCUT2D eigenvalue weighted by atomic mass is 10.1. The number of hydrogen-bond acceptors (Lipinski definition) is 7. The molecule has 3 aromatic carbocycles. The van der Waals surface area contributed by atoms with E-state index in [2.05, 4.69) is 0 Å². The van der Waals surface area contributed by atoms with Crippen LogP contribution in [0.5, 0.6) is 11.5 Å². The summed E-state index contributed by atoms with van der Waals surface area (Å²) in [6.45, 7) is 12.4. The highest BCUT2D eigenvalue weighted by molar-refractivity contribution is 6.17. The van der Waals surface area contributed by atoms with E-state index in [9.17, 15) is 14.4 Å². The first-order chi connectivity index (χ1) is 23.2. The second-order valence-electron chi connectivity index (χ2n) is 13.8. The molecule has 10 nitrogen and oxygen atoms in total. The van der Waals surface area contributed by atoms with Crippen molar-refractivity contribution in [3.63, 3.8) is 0 Å². The van der Waals surface area contributed by atoms with Gasteiger partial charge in [-0.05, 0) is 71.4 Å². The van der Waals surface area contributed by atoms with Crippen molar-refractivity contribution in [2.24, 2.45) is 0 Å². The van der Waals surface area contributed by atoms with Crippen LogP contribution in [0.4, 0.5) is 9.59 Å². The first-order valence-electron chi connectivity index (χ1n) is 16.5. The van der Waals surface area contributed by atoms with Crippen molar-refractivity contribution in [2.45, 2.75) is 71.7 Å². The third-order valence-electron chi connectivity index (χ3n) is 7.49. The summed E-state index contributed by atoms with van der Waals surface area (Å²) in [5.74, 6) is 1.30. The molecule has 0 unspecified atom stereocenters. The van der Waals surface area contributed by atoms with Crippen molar-refractivity contribution in [1.29, 1.82) is 0 Å². The van der Waals surface area contributed by atoms with Gasteiger partial charge < -0.3 is 33.6 Å². The van der Waals surface area contributed by atoms with Crippen LogP contribution < -0.4 is 9.47 Å². The molecule has 0 spiro atoms. The van der Waals surface area contributed by atoms with Crippen LogP contribution in [0.15, 0.2) is 72.8 Å². The number of rotatable bonds is 2. The summed E-state index contributed by atoms with van der Waals surface area (Å²) < 4.78 is 23.9. The summed E-state index contributed by atoms with van der Waals surface area (Å²) in [4.78, 5) is 46.0.